The molecule has 1 heterocycles. The van der Waals surface area contributed by atoms with Crippen molar-refractivity contribution in [3.8, 4) is 0 Å². The van der Waals surface area contributed by atoms with E-state index >= 15 is 0 Å². The lowest BCUT2D eigenvalue weighted by Crippen LogP contribution is -2.52. The Morgan fingerprint density at radius 3 is 2.42 bits per heavy atom. The number of carbonyl (C=O) groups is 3. The van der Waals surface area contributed by atoms with E-state index in [1.165, 1.54) is 4.90 Å². The van der Waals surface area contributed by atoms with E-state index in [0.29, 0.717) is 44.2 Å². The molecule has 8 nitrogen and oxygen atoms in total. The van der Waals surface area contributed by atoms with Gasteiger partial charge < -0.3 is 19.7 Å². The van der Waals surface area contributed by atoms with Crippen LogP contribution in [-0.4, -0.2) is 73.0 Å². The molecule has 2 aromatic rings. The molecule has 0 aromatic heterocycles. The van der Waals surface area contributed by atoms with Crippen LogP contribution in [0.1, 0.15) is 30.9 Å². The van der Waals surface area contributed by atoms with Gasteiger partial charge in [0.2, 0.25) is 5.91 Å². The molecular weight excluding hydrogens is 529 g/mol. The van der Waals surface area contributed by atoms with E-state index in [1.54, 1.807) is 6.92 Å². The molecule has 10 heteroatoms. The standard InChI is InChI=1S/C28H35Cl2N3O5/c1-2-37-27(35)24(19-22-10-6-11-23(18-22)32(16-13-29)17-14-30)31-26(34)25-12-7-15-33(25)28(36)38-20-21-8-4-3-5-9-21/h3-6,8-11,18,24-25H,2,7,12-17,19-20H2,1H3,(H,31,34)/t24-,25-/m0/s1. The molecule has 0 radical (unpaired) electrons. The Balaban J connectivity index is 1.68. The third-order valence-corrected chi connectivity index (χ3v) is 6.65. The van der Waals surface area contributed by atoms with Crippen molar-refractivity contribution in [1.29, 1.82) is 0 Å². The van der Waals surface area contributed by atoms with Gasteiger partial charge in [0.25, 0.3) is 0 Å². The topological polar surface area (TPSA) is 88.2 Å². The number of nitrogens with zero attached hydrogens (tertiary/aromatic N) is 2. The maximum absolute atomic E-state index is 13.3. The zero-order chi connectivity index (χ0) is 27.3. The van der Waals surface area contributed by atoms with Crippen LogP contribution in [0.5, 0.6) is 0 Å². The van der Waals surface area contributed by atoms with Crippen LogP contribution in [0.25, 0.3) is 0 Å². The van der Waals surface area contributed by atoms with Gasteiger partial charge in [-0.3, -0.25) is 9.69 Å². The molecule has 1 N–H and O–H groups in total. The van der Waals surface area contributed by atoms with E-state index in [1.807, 2.05) is 54.6 Å². The number of benzene rings is 2. The van der Waals surface area contributed by atoms with E-state index in [-0.39, 0.29) is 19.6 Å². The summed E-state index contributed by atoms with van der Waals surface area (Å²) in [5, 5.41) is 2.83. The summed E-state index contributed by atoms with van der Waals surface area (Å²) >= 11 is 11.9. The van der Waals surface area contributed by atoms with Gasteiger partial charge in [0, 0.05) is 43.5 Å². The summed E-state index contributed by atoms with van der Waals surface area (Å²) in [6.07, 6.45) is 0.842. The lowest BCUT2D eigenvalue weighted by molar-refractivity contribution is -0.147. The third-order valence-electron chi connectivity index (χ3n) is 6.31. The number of ether oxygens (including phenoxy) is 2. The number of amides is 2. The number of rotatable bonds is 13. The zero-order valence-corrected chi connectivity index (χ0v) is 23.1. The Hall–Kier alpha value is -2.97. The number of carbonyl (C=O) groups excluding carboxylic acids is 3. The Kier molecular flexibility index (Phi) is 12.0. The van der Waals surface area contributed by atoms with Crippen LogP contribution in [0.3, 0.4) is 0 Å². The Morgan fingerprint density at radius 2 is 1.74 bits per heavy atom. The Bertz CT molecular complexity index is 1050. The summed E-state index contributed by atoms with van der Waals surface area (Å²) in [5.74, 6) is -0.0251. The molecule has 38 heavy (non-hydrogen) atoms. The van der Waals surface area contributed by atoms with Crippen LogP contribution in [-0.2, 0) is 32.1 Å². The maximum atomic E-state index is 13.3. The normalized spacial score (nSPS) is 15.6. The highest BCUT2D eigenvalue weighted by Crippen LogP contribution is 2.21. The first kappa shape index (κ1) is 29.6. The predicted octanol–water partition coefficient (Wildman–Crippen LogP) is 4.36. The lowest BCUT2D eigenvalue weighted by Gasteiger charge is -2.26. The average Bonchev–Trinajstić information content (AvgIpc) is 3.42. The van der Waals surface area contributed by atoms with Crippen LogP contribution in [0.4, 0.5) is 10.5 Å². The first-order valence-electron chi connectivity index (χ1n) is 12.9. The smallest absolute Gasteiger partial charge is 0.410 e. The predicted molar refractivity (Wildman–Crippen MR) is 149 cm³/mol. The number of halogens is 2. The van der Waals surface area contributed by atoms with Gasteiger partial charge in [-0.1, -0.05) is 42.5 Å². The second kappa shape index (κ2) is 15.4. The zero-order valence-electron chi connectivity index (χ0n) is 21.6. The Morgan fingerprint density at radius 1 is 1.03 bits per heavy atom. The third kappa shape index (κ3) is 8.53. The van der Waals surface area contributed by atoms with Gasteiger partial charge in [-0.05, 0) is 43.0 Å². The molecule has 0 aliphatic carbocycles. The molecule has 206 valence electrons. The van der Waals surface area contributed by atoms with Gasteiger partial charge in [-0.2, -0.15) is 0 Å². The van der Waals surface area contributed by atoms with Crippen LogP contribution in [0, 0.1) is 0 Å². The fourth-order valence-corrected chi connectivity index (χ4v) is 4.86. The second-order valence-corrected chi connectivity index (χ2v) is 9.70. The highest BCUT2D eigenvalue weighted by molar-refractivity contribution is 6.18. The van der Waals surface area contributed by atoms with Crippen molar-refractivity contribution in [2.75, 3.05) is 42.9 Å². The number of esters is 1. The van der Waals surface area contributed by atoms with E-state index in [0.717, 1.165) is 16.8 Å². The van der Waals surface area contributed by atoms with E-state index < -0.39 is 30.1 Å². The number of alkyl halides is 2. The molecule has 0 spiro atoms. The molecule has 3 rings (SSSR count). The number of hydrogen-bond donors (Lipinski definition) is 1. The van der Waals surface area contributed by atoms with E-state index in [4.69, 9.17) is 32.7 Å². The molecular formula is C28H35Cl2N3O5. The second-order valence-electron chi connectivity index (χ2n) is 8.94. The number of hydrogen-bond acceptors (Lipinski definition) is 6. The molecule has 1 aliphatic heterocycles. The van der Waals surface area contributed by atoms with Gasteiger partial charge >= 0.3 is 12.1 Å². The first-order chi connectivity index (χ1) is 18.5. The largest absolute Gasteiger partial charge is 0.464 e. The molecule has 0 bridgehead atoms. The molecule has 2 atom stereocenters. The maximum Gasteiger partial charge on any atom is 0.410 e. The summed E-state index contributed by atoms with van der Waals surface area (Å²) in [6.45, 7) is 3.70. The average molecular weight is 565 g/mol. The summed E-state index contributed by atoms with van der Waals surface area (Å²) in [7, 11) is 0. The number of anilines is 1. The van der Waals surface area contributed by atoms with Crippen LogP contribution >= 0.6 is 23.2 Å². The monoisotopic (exact) mass is 563 g/mol. The minimum absolute atomic E-state index is 0.122. The van der Waals surface area contributed by atoms with Gasteiger partial charge in [0.05, 0.1) is 6.61 Å². The number of likely N-dealkylation sites (tertiary alicyclic amines) is 1. The molecule has 1 saturated heterocycles. The van der Waals surface area contributed by atoms with Gasteiger partial charge in [0.1, 0.15) is 18.7 Å². The summed E-state index contributed by atoms with van der Waals surface area (Å²) in [5.41, 5.74) is 2.64. The molecule has 0 unspecified atom stereocenters. The van der Waals surface area contributed by atoms with E-state index in [2.05, 4.69) is 10.2 Å². The molecule has 1 fully saturated rings. The molecule has 2 aromatic carbocycles. The summed E-state index contributed by atoms with van der Waals surface area (Å²) in [6, 6.07) is 15.4. The summed E-state index contributed by atoms with van der Waals surface area (Å²) < 4.78 is 10.7. The van der Waals surface area contributed by atoms with Crippen molar-refractivity contribution < 1.29 is 23.9 Å². The summed E-state index contributed by atoms with van der Waals surface area (Å²) in [4.78, 5) is 42.4. The van der Waals surface area contributed by atoms with Crippen molar-refractivity contribution in [3.05, 3.63) is 65.7 Å². The first-order valence-corrected chi connectivity index (χ1v) is 13.9. The minimum Gasteiger partial charge on any atom is -0.464 e. The fourth-order valence-electron chi connectivity index (χ4n) is 4.45. The van der Waals surface area contributed by atoms with Crippen molar-refractivity contribution in [2.24, 2.45) is 0 Å². The highest BCUT2D eigenvalue weighted by Gasteiger charge is 2.37. The Labute approximate surface area is 234 Å². The minimum atomic E-state index is -0.907. The van der Waals surface area contributed by atoms with Gasteiger partial charge in [0.15, 0.2) is 0 Å². The quantitative estimate of drug-likeness (QED) is 0.287. The van der Waals surface area contributed by atoms with Crippen LogP contribution in [0.2, 0.25) is 0 Å². The van der Waals surface area contributed by atoms with Crippen molar-refractivity contribution in [1.82, 2.24) is 10.2 Å². The SMILES string of the molecule is CCOC(=O)[C@H](Cc1cccc(N(CCCl)CCCl)c1)NC(=O)[C@@H]1CCCN1C(=O)OCc1ccccc1. The van der Waals surface area contributed by atoms with E-state index in [9.17, 15) is 14.4 Å². The van der Waals surface area contributed by atoms with Crippen molar-refractivity contribution in [3.63, 3.8) is 0 Å². The molecule has 1 aliphatic rings. The van der Waals surface area contributed by atoms with Gasteiger partial charge in [-0.15, -0.1) is 23.2 Å². The van der Waals surface area contributed by atoms with Crippen LogP contribution in [0.15, 0.2) is 54.6 Å². The highest BCUT2D eigenvalue weighted by atomic mass is 35.5. The molecule has 0 saturated carbocycles. The fraction of sp³-hybridized carbons (Fsp3) is 0.464. The van der Waals surface area contributed by atoms with Gasteiger partial charge in [-0.25, -0.2) is 9.59 Å². The number of nitrogens with one attached hydrogen (secondary N) is 1. The molecule has 2 amide bonds. The lowest BCUT2D eigenvalue weighted by atomic mass is 10.0. The van der Waals surface area contributed by atoms with Crippen molar-refractivity contribution >= 4 is 46.9 Å². The van der Waals surface area contributed by atoms with Crippen molar-refractivity contribution in [2.45, 2.75) is 44.9 Å². The van der Waals surface area contributed by atoms with Crippen LogP contribution < -0.4 is 10.2 Å².